The van der Waals surface area contributed by atoms with Crippen molar-refractivity contribution >= 4 is 53.9 Å². The zero-order valence-electron chi connectivity index (χ0n) is 35.8. The van der Waals surface area contributed by atoms with Crippen molar-refractivity contribution in [3.8, 4) is 22.3 Å². The first-order valence-electron chi connectivity index (χ1n) is 21.4. The van der Waals surface area contributed by atoms with Crippen molar-refractivity contribution in [1.82, 2.24) is 0 Å². The summed E-state index contributed by atoms with van der Waals surface area (Å²) in [6.07, 6.45) is 2.20. The van der Waals surface area contributed by atoms with Crippen LogP contribution in [0.3, 0.4) is 0 Å². The Labute approximate surface area is 334 Å². The van der Waals surface area contributed by atoms with Crippen molar-refractivity contribution in [2.24, 2.45) is 11.8 Å². The minimum absolute atomic E-state index is 0.0235. The lowest BCUT2D eigenvalue weighted by Gasteiger charge is -2.34. The Morgan fingerprint density at radius 2 is 0.768 bits per heavy atom. The first-order chi connectivity index (χ1) is 26.4. The predicted molar refractivity (Wildman–Crippen MR) is 245 cm³/mol. The van der Waals surface area contributed by atoms with Crippen molar-refractivity contribution in [2.75, 3.05) is 0 Å². The second-order valence-electron chi connectivity index (χ2n) is 21.2. The van der Waals surface area contributed by atoms with Gasteiger partial charge in [-0.1, -0.05) is 144 Å². The van der Waals surface area contributed by atoms with Crippen LogP contribution in [0.15, 0.2) is 97.1 Å². The second kappa shape index (κ2) is 11.5. The van der Waals surface area contributed by atoms with Gasteiger partial charge in [0.05, 0.1) is 0 Å². The third-order valence-corrected chi connectivity index (χ3v) is 14.1. The normalized spacial score (nSPS) is 19.3. The highest BCUT2D eigenvalue weighted by Gasteiger charge is 2.47. The molecule has 0 heterocycles. The van der Waals surface area contributed by atoms with Crippen LogP contribution < -0.4 is 0 Å². The molecule has 0 amide bonds. The Kier molecular flexibility index (Phi) is 7.31. The summed E-state index contributed by atoms with van der Waals surface area (Å²) < 4.78 is 0. The molecule has 0 bridgehead atoms. The van der Waals surface area contributed by atoms with Gasteiger partial charge in [-0.05, 0) is 181 Å². The maximum absolute atomic E-state index is 2.64. The standard InChI is InChI=1S/C56H58/c1-31(2)29-55(11)45-23-35-19-15-13-17-33(35)21-39(45)49-41-25-38(54(8,9)10)28-44-48(41)47-42(26-37(53(5,6)7)27-43(47)51(49)55)50-40-22-34-18-14-16-20-36(34)24-46(40)56(12,52(44)50)30-32(3)4/h13-28,31-32H,29-30H2,1-12H3. The lowest BCUT2D eigenvalue weighted by atomic mass is 9.68. The zero-order chi connectivity index (χ0) is 39.4. The van der Waals surface area contributed by atoms with Crippen molar-refractivity contribution in [1.29, 1.82) is 0 Å². The molecule has 0 saturated carbocycles. The summed E-state index contributed by atoms with van der Waals surface area (Å²) in [4.78, 5) is 0. The van der Waals surface area contributed by atoms with E-state index >= 15 is 0 Å². The Morgan fingerprint density at radius 3 is 1.09 bits per heavy atom. The topological polar surface area (TPSA) is 0 Å². The fourth-order valence-corrected chi connectivity index (χ4v) is 11.9. The van der Waals surface area contributed by atoms with E-state index in [1.54, 1.807) is 11.1 Å². The van der Waals surface area contributed by atoms with Gasteiger partial charge in [-0.25, -0.2) is 0 Å². The number of rotatable bonds is 4. The van der Waals surface area contributed by atoms with Crippen LogP contribution in [0.1, 0.15) is 129 Å². The van der Waals surface area contributed by atoms with Crippen molar-refractivity contribution in [3.05, 3.63) is 130 Å². The van der Waals surface area contributed by atoms with E-state index in [1.165, 1.54) is 98.4 Å². The summed E-state index contributed by atoms with van der Waals surface area (Å²) in [6.45, 7) is 29.3. The molecule has 0 nitrogen and oxygen atoms in total. The molecule has 8 aromatic rings. The highest BCUT2D eigenvalue weighted by molar-refractivity contribution is 6.33. The Bertz CT molecular complexity index is 2750. The molecule has 2 aliphatic carbocycles. The average molecular weight is 731 g/mol. The summed E-state index contributed by atoms with van der Waals surface area (Å²) in [5, 5.41) is 14.1. The van der Waals surface area contributed by atoms with Gasteiger partial charge in [0.15, 0.2) is 0 Å². The van der Waals surface area contributed by atoms with Gasteiger partial charge in [0.1, 0.15) is 0 Å². The lowest BCUT2D eigenvalue weighted by Crippen LogP contribution is -2.25. The van der Waals surface area contributed by atoms with Gasteiger partial charge in [0.2, 0.25) is 0 Å². The molecule has 0 aromatic heterocycles. The molecule has 10 rings (SSSR count). The van der Waals surface area contributed by atoms with Crippen LogP contribution in [-0.4, -0.2) is 0 Å². The molecular weight excluding hydrogens is 673 g/mol. The van der Waals surface area contributed by atoms with Gasteiger partial charge >= 0.3 is 0 Å². The molecule has 282 valence electrons. The summed E-state index contributed by atoms with van der Waals surface area (Å²) in [5.74, 6) is 1.07. The van der Waals surface area contributed by atoms with E-state index in [4.69, 9.17) is 0 Å². The highest BCUT2D eigenvalue weighted by atomic mass is 14.5. The predicted octanol–water partition coefficient (Wildman–Crippen LogP) is 16.2. The van der Waals surface area contributed by atoms with E-state index < -0.39 is 0 Å². The van der Waals surface area contributed by atoms with E-state index in [1.807, 2.05) is 0 Å². The molecule has 2 atom stereocenters. The van der Waals surface area contributed by atoms with Crippen LogP contribution in [-0.2, 0) is 21.7 Å². The molecule has 2 aliphatic rings. The van der Waals surface area contributed by atoms with E-state index in [2.05, 4.69) is 180 Å². The van der Waals surface area contributed by atoms with E-state index in [0.29, 0.717) is 11.8 Å². The Morgan fingerprint density at radius 1 is 0.446 bits per heavy atom. The van der Waals surface area contributed by atoms with Gasteiger partial charge < -0.3 is 0 Å². The molecule has 0 saturated heterocycles. The quantitative estimate of drug-likeness (QED) is 0.158. The van der Waals surface area contributed by atoms with E-state index in [0.717, 1.165) is 12.8 Å². The van der Waals surface area contributed by atoms with Crippen LogP contribution in [0, 0.1) is 11.8 Å². The third-order valence-electron chi connectivity index (χ3n) is 14.1. The zero-order valence-corrected chi connectivity index (χ0v) is 35.8. The van der Waals surface area contributed by atoms with Crippen molar-refractivity contribution < 1.29 is 0 Å². The molecule has 0 spiro atoms. The Balaban J connectivity index is 1.52. The van der Waals surface area contributed by atoms with Crippen LogP contribution in [0.5, 0.6) is 0 Å². The monoisotopic (exact) mass is 730 g/mol. The maximum Gasteiger partial charge on any atom is 0.0196 e. The molecule has 0 radical (unpaired) electrons. The average Bonchev–Trinajstić information content (AvgIpc) is 3.51. The number of hydrogen-bond acceptors (Lipinski definition) is 0. The number of benzene rings is 8. The second-order valence-corrected chi connectivity index (χ2v) is 21.2. The van der Waals surface area contributed by atoms with Gasteiger partial charge in [-0.3, -0.25) is 0 Å². The maximum atomic E-state index is 2.64. The molecule has 0 N–H and O–H groups in total. The van der Waals surface area contributed by atoms with Crippen molar-refractivity contribution in [2.45, 2.75) is 118 Å². The molecule has 0 aliphatic heterocycles. The van der Waals surface area contributed by atoms with Crippen LogP contribution in [0.25, 0.3) is 76.1 Å². The van der Waals surface area contributed by atoms with Gasteiger partial charge in [-0.2, -0.15) is 0 Å². The summed E-state index contributed by atoms with van der Waals surface area (Å²) in [7, 11) is 0. The van der Waals surface area contributed by atoms with Gasteiger partial charge in [0, 0.05) is 10.8 Å². The fourth-order valence-electron chi connectivity index (χ4n) is 11.9. The molecule has 56 heavy (non-hydrogen) atoms. The first-order valence-corrected chi connectivity index (χ1v) is 21.4. The molecule has 0 fully saturated rings. The SMILES string of the molecule is CC(C)CC1(C)c2cc3ccccc3cc2-c2c1c1cc(C(C)(C)C)cc3c4c(c5cc(C(C)(C)C)cc2c5c31)C(C)(CC(C)C)c1cc2ccccc2cc1-4. The minimum atomic E-state index is -0.146. The summed E-state index contributed by atoms with van der Waals surface area (Å²) in [6, 6.07) is 38.8. The highest BCUT2D eigenvalue weighted by Crippen LogP contribution is 2.64. The third kappa shape index (κ3) is 4.77. The molecular formula is C56H58. The van der Waals surface area contributed by atoms with E-state index in [9.17, 15) is 0 Å². The molecule has 2 unspecified atom stereocenters. The van der Waals surface area contributed by atoms with Crippen LogP contribution >= 0.6 is 0 Å². The smallest absolute Gasteiger partial charge is 0.0196 e. The fraction of sp³-hybridized carbons (Fsp3) is 0.357. The van der Waals surface area contributed by atoms with Gasteiger partial charge in [-0.15, -0.1) is 0 Å². The summed E-state index contributed by atoms with van der Waals surface area (Å²) >= 11 is 0. The van der Waals surface area contributed by atoms with E-state index in [-0.39, 0.29) is 21.7 Å². The van der Waals surface area contributed by atoms with Crippen LogP contribution in [0.2, 0.25) is 0 Å². The first kappa shape index (κ1) is 35.7. The van der Waals surface area contributed by atoms with Crippen molar-refractivity contribution in [3.63, 3.8) is 0 Å². The lowest BCUT2D eigenvalue weighted by molar-refractivity contribution is 0.437. The largest absolute Gasteiger partial charge is 0.0627 e. The van der Waals surface area contributed by atoms with Gasteiger partial charge in [0.25, 0.3) is 0 Å². The number of hydrogen-bond donors (Lipinski definition) is 0. The number of fused-ring (bicyclic) bond motifs is 12. The molecule has 8 aromatic carbocycles. The summed E-state index contributed by atoms with van der Waals surface area (Å²) in [5.41, 5.74) is 14.5. The molecule has 0 heteroatoms. The minimum Gasteiger partial charge on any atom is -0.0627 e. The Hall–Kier alpha value is -4.68. The van der Waals surface area contributed by atoms with Crippen LogP contribution in [0.4, 0.5) is 0 Å².